The summed E-state index contributed by atoms with van der Waals surface area (Å²) in [6.07, 6.45) is 1.73. The van der Waals surface area contributed by atoms with Crippen molar-refractivity contribution in [2.75, 3.05) is 70.2 Å². The summed E-state index contributed by atoms with van der Waals surface area (Å²) < 4.78 is 6.69. The van der Waals surface area contributed by atoms with Crippen molar-refractivity contribution in [3.63, 3.8) is 0 Å². The summed E-state index contributed by atoms with van der Waals surface area (Å²) in [6, 6.07) is 5.89. The number of nitrogens with two attached hydrogens (primary N) is 1. The lowest BCUT2D eigenvalue weighted by Crippen LogP contribution is -2.59. The molecule has 0 atom stereocenters. The van der Waals surface area contributed by atoms with Crippen molar-refractivity contribution in [2.45, 2.75) is 25.9 Å². The Labute approximate surface area is 215 Å². The van der Waals surface area contributed by atoms with Gasteiger partial charge in [0.2, 0.25) is 5.91 Å². The molecule has 2 saturated heterocycles. The molecular formula is C25H34N8O2S. The fourth-order valence-corrected chi connectivity index (χ4v) is 5.99. The number of morpholine rings is 1. The van der Waals surface area contributed by atoms with Crippen LogP contribution in [0.4, 0.5) is 11.6 Å². The van der Waals surface area contributed by atoms with Crippen LogP contribution < -0.4 is 16.0 Å². The monoisotopic (exact) mass is 510 g/mol. The number of thiophene rings is 1. The molecular weight excluding hydrogens is 476 g/mol. The van der Waals surface area contributed by atoms with Gasteiger partial charge in [0.15, 0.2) is 11.6 Å². The largest absolute Gasteiger partial charge is 0.384 e. The highest BCUT2D eigenvalue weighted by Crippen LogP contribution is 2.35. The minimum atomic E-state index is -0.505. The molecule has 10 nitrogen and oxygen atoms in total. The van der Waals surface area contributed by atoms with Gasteiger partial charge in [0.05, 0.1) is 29.0 Å². The highest BCUT2D eigenvalue weighted by Gasteiger charge is 2.35. The van der Waals surface area contributed by atoms with E-state index in [1.807, 2.05) is 19.9 Å². The molecule has 0 unspecified atom stereocenters. The summed E-state index contributed by atoms with van der Waals surface area (Å²) in [5.74, 6) is 2.15. The van der Waals surface area contributed by atoms with E-state index in [1.54, 1.807) is 30.6 Å². The number of nitrogen functional groups attached to an aromatic ring is 1. The molecule has 2 aliphatic rings. The number of pyridine rings is 1. The van der Waals surface area contributed by atoms with Crippen molar-refractivity contribution >= 4 is 39.1 Å². The van der Waals surface area contributed by atoms with E-state index in [9.17, 15) is 4.79 Å². The number of aromatic nitrogens is 3. The predicted octanol–water partition coefficient (Wildman–Crippen LogP) is 1.81. The Kier molecular flexibility index (Phi) is 7.07. The minimum absolute atomic E-state index is 0.0572. The molecule has 0 radical (unpaired) electrons. The summed E-state index contributed by atoms with van der Waals surface area (Å²) in [5, 5.41) is 2.79. The fourth-order valence-electron chi connectivity index (χ4n) is 4.83. The molecule has 3 N–H and O–H groups in total. The number of amides is 1. The van der Waals surface area contributed by atoms with Crippen LogP contribution in [0.1, 0.15) is 18.7 Å². The number of nitrogens with one attached hydrogen (secondary N) is 1. The van der Waals surface area contributed by atoms with Gasteiger partial charge < -0.3 is 20.7 Å². The lowest BCUT2D eigenvalue weighted by atomic mass is 10.0. The van der Waals surface area contributed by atoms with Crippen molar-refractivity contribution in [1.29, 1.82) is 0 Å². The van der Waals surface area contributed by atoms with Crippen molar-refractivity contribution in [3.05, 3.63) is 29.3 Å². The quantitative estimate of drug-likeness (QED) is 0.513. The summed E-state index contributed by atoms with van der Waals surface area (Å²) >= 11 is 1.77. The number of hydrogen-bond donors (Lipinski definition) is 2. The van der Waals surface area contributed by atoms with Crippen LogP contribution in [-0.2, 0) is 16.1 Å². The normalized spacial score (nSPS) is 18.0. The molecule has 192 valence electrons. The van der Waals surface area contributed by atoms with E-state index < -0.39 is 5.54 Å². The first-order valence-electron chi connectivity index (χ1n) is 12.4. The van der Waals surface area contributed by atoms with E-state index in [4.69, 9.17) is 20.4 Å². The average molecular weight is 511 g/mol. The van der Waals surface area contributed by atoms with Crippen molar-refractivity contribution in [2.24, 2.45) is 0 Å². The van der Waals surface area contributed by atoms with Gasteiger partial charge in [-0.1, -0.05) is 0 Å². The van der Waals surface area contributed by atoms with Crippen LogP contribution >= 0.6 is 11.3 Å². The predicted molar refractivity (Wildman–Crippen MR) is 143 cm³/mol. The van der Waals surface area contributed by atoms with Crippen LogP contribution in [0.3, 0.4) is 0 Å². The van der Waals surface area contributed by atoms with Crippen molar-refractivity contribution in [3.8, 4) is 11.4 Å². The number of anilines is 2. The molecule has 5 rings (SSSR count). The molecule has 0 saturated carbocycles. The molecule has 5 heterocycles. The van der Waals surface area contributed by atoms with Gasteiger partial charge in [0.25, 0.3) is 0 Å². The standard InChI is InChI=1S/C25H34N8O2S/c1-25(2,24(34)27-3)33-8-6-31(7-9-33)16-18-14-19-21(36-18)23(32-10-12-35-13-11-32)30-22(29-19)17-4-5-20(26)28-15-17/h4-5,14-15H,6-13,16H2,1-3H3,(H2,26,28)(H,27,34). The van der Waals surface area contributed by atoms with E-state index in [0.717, 1.165) is 67.4 Å². The SMILES string of the molecule is CNC(=O)C(C)(C)N1CCN(Cc2cc3nc(-c4ccc(N)nc4)nc(N4CCOCC4)c3s2)CC1. The molecule has 0 spiro atoms. The topological polar surface area (TPSA) is 113 Å². The van der Waals surface area contributed by atoms with Gasteiger partial charge in [0, 0.05) is 69.5 Å². The number of nitrogens with zero attached hydrogens (tertiary/aromatic N) is 6. The van der Waals surface area contributed by atoms with Gasteiger partial charge in [0.1, 0.15) is 5.82 Å². The molecule has 0 bridgehead atoms. The third-order valence-corrected chi connectivity index (χ3v) is 8.19. The van der Waals surface area contributed by atoms with Crippen molar-refractivity contribution < 1.29 is 9.53 Å². The maximum Gasteiger partial charge on any atom is 0.239 e. The maximum atomic E-state index is 12.3. The molecule has 3 aromatic heterocycles. The second-order valence-corrected chi connectivity index (χ2v) is 10.9. The average Bonchev–Trinajstić information content (AvgIpc) is 3.31. The minimum Gasteiger partial charge on any atom is -0.384 e. The molecule has 0 aliphatic carbocycles. The first-order valence-corrected chi connectivity index (χ1v) is 13.2. The molecule has 1 amide bonds. The third-order valence-electron chi connectivity index (χ3n) is 7.08. The molecule has 36 heavy (non-hydrogen) atoms. The highest BCUT2D eigenvalue weighted by atomic mass is 32.1. The molecule has 2 aliphatic heterocycles. The van der Waals surface area contributed by atoms with E-state index in [2.05, 4.69) is 31.1 Å². The number of rotatable bonds is 6. The Morgan fingerprint density at radius 2 is 1.89 bits per heavy atom. The van der Waals surface area contributed by atoms with E-state index in [0.29, 0.717) is 24.9 Å². The summed E-state index contributed by atoms with van der Waals surface area (Å²) in [4.78, 5) is 34.7. The smallest absolute Gasteiger partial charge is 0.239 e. The van der Waals surface area contributed by atoms with E-state index in [-0.39, 0.29) is 5.91 Å². The lowest BCUT2D eigenvalue weighted by Gasteiger charge is -2.42. The Balaban J connectivity index is 1.38. The Morgan fingerprint density at radius 3 is 2.56 bits per heavy atom. The number of carbonyl (C=O) groups is 1. The molecule has 0 aromatic carbocycles. The fraction of sp³-hybridized carbons (Fsp3) is 0.520. The van der Waals surface area contributed by atoms with Gasteiger partial charge in [-0.3, -0.25) is 14.6 Å². The zero-order valence-electron chi connectivity index (χ0n) is 21.2. The van der Waals surface area contributed by atoms with Gasteiger partial charge >= 0.3 is 0 Å². The van der Waals surface area contributed by atoms with Gasteiger partial charge in [-0.05, 0) is 32.0 Å². The first kappa shape index (κ1) is 24.8. The molecule has 11 heteroatoms. The molecule has 2 fully saturated rings. The summed E-state index contributed by atoms with van der Waals surface area (Å²) in [7, 11) is 1.70. The lowest BCUT2D eigenvalue weighted by molar-refractivity contribution is -0.132. The Hall–Kier alpha value is -2.86. The van der Waals surface area contributed by atoms with Crippen molar-refractivity contribution in [1.82, 2.24) is 30.1 Å². The van der Waals surface area contributed by atoms with Crippen LogP contribution in [-0.4, -0.2) is 95.7 Å². The van der Waals surface area contributed by atoms with Gasteiger partial charge in [-0.15, -0.1) is 11.3 Å². The van der Waals surface area contributed by atoms with E-state index >= 15 is 0 Å². The van der Waals surface area contributed by atoms with Crippen LogP contribution in [0.5, 0.6) is 0 Å². The maximum absolute atomic E-state index is 12.3. The number of likely N-dealkylation sites (N-methyl/N-ethyl adjacent to an activating group) is 1. The number of ether oxygens (including phenoxy) is 1. The number of fused-ring (bicyclic) bond motifs is 1. The Morgan fingerprint density at radius 1 is 1.14 bits per heavy atom. The van der Waals surface area contributed by atoms with E-state index in [1.165, 1.54) is 4.88 Å². The highest BCUT2D eigenvalue weighted by molar-refractivity contribution is 7.19. The summed E-state index contributed by atoms with van der Waals surface area (Å²) in [5.41, 5.74) is 7.09. The van der Waals surface area contributed by atoms with Gasteiger partial charge in [-0.2, -0.15) is 0 Å². The first-order chi connectivity index (χ1) is 17.3. The van der Waals surface area contributed by atoms with Gasteiger partial charge in [-0.25, -0.2) is 15.0 Å². The zero-order valence-corrected chi connectivity index (χ0v) is 22.0. The second-order valence-electron chi connectivity index (χ2n) is 9.77. The zero-order chi connectivity index (χ0) is 25.3. The second kappa shape index (κ2) is 10.3. The van der Waals surface area contributed by atoms with Crippen LogP contribution in [0, 0.1) is 0 Å². The van der Waals surface area contributed by atoms with Crippen LogP contribution in [0.25, 0.3) is 21.6 Å². The number of hydrogen-bond acceptors (Lipinski definition) is 10. The van der Waals surface area contributed by atoms with Crippen LogP contribution in [0.15, 0.2) is 24.4 Å². The third kappa shape index (κ3) is 5.01. The van der Waals surface area contributed by atoms with Crippen LogP contribution in [0.2, 0.25) is 0 Å². The molecule has 3 aromatic rings. The summed E-state index contributed by atoms with van der Waals surface area (Å²) in [6.45, 7) is 11.4. The number of carbonyl (C=O) groups excluding carboxylic acids is 1. The Bertz CT molecular complexity index is 1210. The number of piperazine rings is 1.